The average Bonchev–Trinajstić information content (AvgIpc) is 3.96. The highest BCUT2D eigenvalue weighted by molar-refractivity contribution is 5.35. The second-order valence-corrected chi connectivity index (χ2v) is 11.2. The molecule has 4 aromatic carbocycles. The molecule has 2 aliphatic rings. The molecule has 2 saturated heterocycles. The molecule has 0 spiro atoms. The second-order valence-electron chi connectivity index (χ2n) is 11.2. The highest BCUT2D eigenvalue weighted by Crippen LogP contribution is 2.22. The molecule has 6 nitrogen and oxygen atoms in total. The van der Waals surface area contributed by atoms with E-state index in [2.05, 4.69) is 55.5 Å². The molecule has 0 radical (unpaired) electrons. The molecule has 218 valence electrons. The van der Waals surface area contributed by atoms with Crippen LogP contribution in [-0.4, -0.2) is 51.8 Å². The standard InChI is InChI=1S/C36H38O6/c1-26(20-37-31-10-2-27(3-11-31)18-29-6-14-33(15-7-29)39-22-35-24-41-35)21-38-32-12-4-28(5-13-32)19-30-8-16-34(17-9-30)40-23-36-25-42-36/h2-17,26,35-36H,18-25H2,1H3. The van der Waals surface area contributed by atoms with E-state index in [1.54, 1.807) is 0 Å². The molecular formula is C36H38O6. The number of ether oxygens (including phenoxy) is 6. The van der Waals surface area contributed by atoms with Crippen molar-refractivity contribution in [1.29, 1.82) is 0 Å². The largest absolute Gasteiger partial charge is 0.493 e. The van der Waals surface area contributed by atoms with E-state index >= 15 is 0 Å². The maximum atomic E-state index is 6.03. The van der Waals surface area contributed by atoms with Crippen molar-refractivity contribution >= 4 is 0 Å². The molecule has 42 heavy (non-hydrogen) atoms. The molecule has 0 N–H and O–H groups in total. The van der Waals surface area contributed by atoms with Gasteiger partial charge >= 0.3 is 0 Å². The number of hydrogen-bond donors (Lipinski definition) is 0. The SMILES string of the molecule is CC(COc1ccc(Cc2ccc(OCC3CO3)cc2)cc1)COc1ccc(Cc2ccc(OCC3CO3)cc2)cc1. The Morgan fingerprint density at radius 2 is 0.786 bits per heavy atom. The van der Waals surface area contributed by atoms with E-state index in [0.717, 1.165) is 49.1 Å². The molecule has 6 heteroatoms. The fourth-order valence-electron chi connectivity index (χ4n) is 4.52. The van der Waals surface area contributed by atoms with Crippen molar-refractivity contribution in [1.82, 2.24) is 0 Å². The quantitative estimate of drug-likeness (QED) is 0.144. The number of benzene rings is 4. The zero-order valence-electron chi connectivity index (χ0n) is 24.1. The lowest BCUT2D eigenvalue weighted by Crippen LogP contribution is -2.16. The summed E-state index contributed by atoms with van der Waals surface area (Å²) in [5, 5.41) is 0. The summed E-state index contributed by atoms with van der Waals surface area (Å²) in [5.41, 5.74) is 4.98. The zero-order valence-corrected chi connectivity index (χ0v) is 24.1. The molecule has 0 saturated carbocycles. The second kappa shape index (κ2) is 13.8. The van der Waals surface area contributed by atoms with E-state index in [1.807, 2.05) is 48.5 Å². The van der Waals surface area contributed by atoms with E-state index in [1.165, 1.54) is 22.3 Å². The van der Waals surface area contributed by atoms with E-state index in [4.69, 9.17) is 28.4 Å². The Hall–Kier alpha value is -4.00. The van der Waals surface area contributed by atoms with E-state index < -0.39 is 0 Å². The van der Waals surface area contributed by atoms with Crippen LogP contribution in [0.1, 0.15) is 29.2 Å². The van der Waals surface area contributed by atoms with Crippen molar-refractivity contribution in [3.05, 3.63) is 119 Å². The molecule has 2 heterocycles. The minimum Gasteiger partial charge on any atom is -0.493 e. The molecule has 4 aromatic rings. The van der Waals surface area contributed by atoms with E-state index in [-0.39, 0.29) is 18.1 Å². The maximum Gasteiger partial charge on any atom is 0.119 e. The van der Waals surface area contributed by atoms with Gasteiger partial charge in [-0.3, -0.25) is 0 Å². The predicted octanol–water partition coefficient (Wildman–Crippen LogP) is 6.52. The van der Waals surface area contributed by atoms with Gasteiger partial charge in [-0.15, -0.1) is 0 Å². The summed E-state index contributed by atoms with van der Waals surface area (Å²) < 4.78 is 33.9. The summed E-state index contributed by atoms with van der Waals surface area (Å²) in [6, 6.07) is 33.2. The van der Waals surface area contributed by atoms with Gasteiger partial charge in [0, 0.05) is 5.92 Å². The van der Waals surface area contributed by atoms with Crippen LogP contribution in [-0.2, 0) is 22.3 Å². The van der Waals surface area contributed by atoms with Crippen LogP contribution < -0.4 is 18.9 Å². The third kappa shape index (κ3) is 9.00. The first kappa shape index (κ1) is 28.1. The lowest BCUT2D eigenvalue weighted by atomic mass is 10.0. The molecule has 0 aliphatic carbocycles. The van der Waals surface area contributed by atoms with Gasteiger partial charge in [0.25, 0.3) is 0 Å². The van der Waals surface area contributed by atoms with Gasteiger partial charge in [-0.05, 0) is 83.6 Å². The Bertz CT molecular complexity index is 1270. The molecule has 2 atom stereocenters. The molecule has 2 fully saturated rings. The van der Waals surface area contributed by atoms with Gasteiger partial charge in [0.1, 0.15) is 48.4 Å². The van der Waals surface area contributed by atoms with Crippen LogP contribution in [0.3, 0.4) is 0 Å². The Balaban J connectivity index is 0.884. The van der Waals surface area contributed by atoms with Crippen molar-refractivity contribution in [2.45, 2.75) is 32.0 Å². The fraction of sp³-hybridized carbons (Fsp3) is 0.333. The first-order valence-electron chi connectivity index (χ1n) is 14.7. The monoisotopic (exact) mass is 566 g/mol. The van der Waals surface area contributed by atoms with Crippen LogP contribution in [0.2, 0.25) is 0 Å². The summed E-state index contributed by atoms with van der Waals surface area (Å²) in [6.07, 6.45) is 2.28. The molecule has 2 unspecified atom stereocenters. The summed E-state index contributed by atoms with van der Waals surface area (Å²) in [4.78, 5) is 0. The van der Waals surface area contributed by atoms with Gasteiger partial charge in [-0.1, -0.05) is 55.5 Å². The third-order valence-corrected chi connectivity index (χ3v) is 7.26. The van der Waals surface area contributed by atoms with Gasteiger partial charge < -0.3 is 28.4 Å². The number of epoxide rings is 2. The average molecular weight is 567 g/mol. The number of hydrogen-bond acceptors (Lipinski definition) is 6. The van der Waals surface area contributed by atoms with Crippen LogP contribution in [0.25, 0.3) is 0 Å². The number of rotatable bonds is 16. The van der Waals surface area contributed by atoms with Crippen LogP contribution >= 0.6 is 0 Å². The maximum absolute atomic E-state index is 6.03. The normalized spacial score (nSPS) is 17.7. The van der Waals surface area contributed by atoms with Crippen molar-refractivity contribution in [2.75, 3.05) is 39.6 Å². The smallest absolute Gasteiger partial charge is 0.119 e. The predicted molar refractivity (Wildman–Crippen MR) is 162 cm³/mol. The zero-order chi connectivity index (χ0) is 28.6. The van der Waals surface area contributed by atoms with Crippen LogP contribution in [0, 0.1) is 5.92 Å². The van der Waals surface area contributed by atoms with Crippen LogP contribution in [0.15, 0.2) is 97.1 Å². The molecule has 6 rings (SSSR count). The Labute approximate surface area is 248 Å². The topological polar surface area (TPSA) is 62.0 Å². The Kier molecular flexibility index (Phi) is 9.23. The molecular weight excluding hydrogens is 528 g/mol. The highest BCUT2D eigenvalue weighted by Gasteiger charge is 2.23. The lowest BCUT2D eigenvalue weighted by Gasteiger charge is -2.15. The summed E-state index contributed by atoms with van der Waals surface area (Å²) in [5.74, 6) is 3.77. The highest BCUT2D eigenvalue weighted by atomic mass is 16.6. The first-order chi connectivity index (χ1) is 20.6. The summed E-state index contributed by atoms with van der Waals surface area (Å²) in [7, 11) is 0. The molecule has 0 bridgehead atoms. The molecule has 0 amide bonds. The van der Waals surface area contributed by atoms with E-state index in [0.29, 0.717) is 26.4 Å². The van der Waals surface area contributed by atoms with Gasteiger partial charge in [0.05, 0.1) is 26.4 Å². The van der Waals surface area contributed by atoms with Crippen molar-refractivity contribution in [3.63, 3.8) is 0 Å². The van der Waals surface area contributed by atoms with Crippen molar-refractivity contribution in [3.8, 4) is 23.0 Å². The van der Waals surface area contributed by atoms with Crippen LogP contribution in [0.4, 0.5) is 0 Å². The van der Waals surface area contributed by atoms with Crippen molar-refractivity contribution in [2.24, 2.45) is 5.92 Å². The van der Waals surface area contributed by atoms with Gasteiger partial charge in [0.2, 0.25) is 0 Å². The van der Waals surface area contributed by atoms with Gasteiger partial charge in [0.15, 0.2) is 0 Å². The Morgan fingerprint density at radius 1 is 0.500 bits per heavy atom. The fourth-order valence-corrected chi connectivity index (χ4v) is 4.52. The minimum absolute atomic E-state index is 0.253. The van der Waals surface area contributed by atoms with Crippen LogP contribution in [0.5, 0.6) is 23.0 Å². The summed E-state index contributed by atoms with van der Waals surface area (Å²) in [6.45, 7) is 6.21. The van der Waals surface area contributed by atoms with E-state index in [9.17, 15) is 0 Å². The van der Waals surface area contributed by atoms with Gasteiger partial charge in [-0.2, -0.15) is 0 Å². The third-order valence-electron chi connectivity index (χ3n) is 7.26. The minimum atomic E-state index is 0.253. The van der Waals surface area contributed by atoms with Crippen molar-refractivity contribution < 1.29 is 28.4 Å². The lowest BCUT2D eigenvalue weighted by molar-refractivity contribution is 0.188. The molecule has 2 aliphatic heterocycles. The first-order valence-corrected chi connectivity index (χ1v) is 14.7. The molecule has 0 aromatic heterocycles. The Morgan fingerprint density at radius 3 is 1.07 bits per heavy atom. The summed E-state index contributed by atoms with van der Waals surface area (Å²) >= 11 is 0. The van der Waals surface area contributed by atoms with Gasteiger partial charge in [-0.25, -0.2) is 0 Å².